The molecule has 1 saturated carbocycles. The third kappa shape index (κ3) is 3.66. The Kier molecular flexibility index (Phi) is 4.55. The van der Waals surface area contributed by atoms with E-state index in [0.29, 0.717) is 22.2 Å². The zero-order valence-corrected chi connectivity index (χ0v) is 13.6. The number of halogens is 2. The van der Waals surface area contributed by atoms with Gasteiger partial charge in [0.25, 0.3) is 0 Å². The van der Waals surface area contributed by atoms with E-state index in [2.05, 4.69) is 10.6 Å². The number of amides is 2. The molecule has 2 aromatic carbocycles. The van der Waals surface area contributed by atoms with E-state index in [1.165, 1.54) is 0 Å². The summed E-state index contributed by atoms with van der Waals surface area (Å²) in [6.07, 6.45) is 0.520. The van der Waals surface area contributed by atoms with E-state index in [4.69, 9.17) is 23.2 Å². The van der Waals surface area contributed by atoms with Crippen LogP contribution in [0.15, 0.2) is 48.5 Å². The molecule has 0 bridgehead atoms. The van der Waals surface area contributed by atoms with Gasteiger partial charge in [0, 0.05) is 5.69 Å². The Morgan fingerprint density at radius 2 is 1.39 bits per heavy atom. The molecule has 0 radical (unpaired) electrons. The van der Waals surface area contributed by atoms with Gasteiger partial charge in [0.15, 0.2) is 0 Å². The molecule has 1 aliphatic rings. The van der Waals surface area contributed by atoms with Crippen molar-refractivity contribution in [2.75, 3.05) is 10.6 Å². The second-order valence-electron chi connectivity index (χ2n) is 5.39. The van der Waals surface area contributed by atoms with Gasteiger partial charge in [-0.05, 0) is 30.7 Å². The van der Waals surface area contributed by atoms with Crippen molar-refractivity contribution in [3.8, 4) is 0 Å². The third-order valence-corrected chi connectivity index (χ3v) is 4.35. The van der Waals surface area contributed by atoms with E-state index < -0.39 is 0 Å². The van der Waals surface area contributed by atoms with E-state index in [1.54, 1.807) is 30.3 Å². The minimum absolute atomic E-state index is 0.151. The van der Waals surface area contributed by atoms with E-state index in [1.807, 2.05) is 18.2 Å². The first-order chi connectivity index (χ1) is 11.1. The van der Waals surface area contributed by atoms with E-state index in [9.17, 15) is 9.59 Å². The molecule has 6 heteroatoms. The lowest BCUT2D eigenvalue weighted by atomic mass is 10.2. The lowest BCUT2D eigenvalue weighted by Gasteiger charge is -2.09. The summed E-state index contributed by atoms with van der Waals surface area (Å²) in [6, 6.07) is 14.2. The first-order valence-corrected chi connectivity index (χ1v) is 7.92. The molecule has 2 N–H and O–H groups in total. The van der Waals surface area contributed by atoms with Gasteiger partial charge in [0.1, 0.15) is 0 Å². The highest BCUT2D eigenvalue weighted by atomic mass is 35.5. The summed E-state index contributed by atoms with van der Waals surface area (Å²) >= 11 is 12.1. The molecule has 118 valence electrons. The summed E-state index contributed by atoms with van der Waals surface area (Å²) in [4.78, 5) is 24.4. The van der Waals surface area contributed by atoms with Crippen molar-refractivity contribution in [3.05, 3.63) is 58.6 Å². The van der Waals surface area contributed by atoms with Gasteiger partial charge in [-0.3, -0.25) is 9.59 Å². The van der Waals surface area contributed by atoms with E-state index >= 15 is 0 Å². The molecule has 4 nitrogen and oxygen atoms in total. The minimum Gasteiger partial charge on any atom is -0.326 e. The quantitative estimate of drug-likeness (QED) is 0.869. The maximum Gasteiger partial charge on any atom is 0.228 e. The number of carbonyl (C=O) groups is 2. The molecule has 1 fully saturated rings. The lowest BCUT2D eigenvalue weighted by Crippen LogP contribution is -2.20. The predicted molar refractivity (Wildman–Crippen MR) is 91.8 cm³/mol. The van der Waals surface area contributed by atoms with Crippen LogP contribution in [0.5, 0.6) is 0 Å². The Hall–Kier alpha value is -2.04. The van der Waals surface area contributed by atoms with Crippen LogP contribution in [0.3, 0.4) is 0 Å². The molecular weight excluding hydrogens is 335 g/mol. The monoisotopic (exact) mass is 348 g/mol. The van der Waals surface area contributed by atoms with Crippen molar-refractivity contribution in [3.63, 3.8) is 0 Å². The average Bonchev–Trinajstić information content (AvgIpc) is 3.33. The summed E-state index contributed by atoms with van der Waals surface area (Å²) in [5, 5.41) is 6.25. The van der Waals surface area contributed by atoms with Crippen molar-refractivity contribution in [1.82, 2.24) is 0 Å². The van der Waals surface area contributed by atoms with Gasteiger partial charge in [0.05, 0.1) is 27.6 Å². The first-order valence-electron chi connectivity index (χ1n) is 7.17. The zero-order chi connectivity index (χ0) is 16.4. The van der Waals surface area contributed by atoms with Crippen LogP contribution < -0.4 is 10.6 Å². The second-order valence-corrected chi connectivity index (χ2v) is 6.20. The van der Waals surface area contributed by atoms with Crippen LogP contribution in [-0.2, 0) is 9.59 Å². The highest BCUT2D eigenvalue weighted by Gasteiger charge is 2.48. The minimum atomic E-state index is -0.356. The number of carbonyl (C=O) groups excluding carboxylic acids is 2. The van der Waals surface area contributed by atoms with Crippen LogP contribution >= 0.6 is 23.2 Å². The Morgan fingerprint density at radius 3 is 2.00 bits per heavy atom. The molecule has 0 heterocycles. The Balaban J connectivity index is 1.60. The summed E-state index contributed by atoms with van der Waals surface area (Å²) in [7, 11) is 0. The van der Waals surface area contributed by atoms with Crippen molar-refractivity contribution in [2.45, 2.75) is 6.42 Å². The average molecular weight is 349 g/mol. The fourth-order valence-corrected chi connectivity index (χ4v) is 2.86. The number of hydrogen-bond acceptors (Lipinski definition) is 2. The Morgan fingerprint density at radius 1 is 0.826 bits per heavy atom. The largest absolute Gasteiger partial charge is 0.326 e. The van der Waals surface area contributed by atoms with Gasteiger partial charge in [-0.2, -0.15) is 0 Å². The van der Waals surface area contributed by atoms with Gasteiger partial charge in [-0.15, -0.1) is 0 Å². The molecule has 0 aromatic heterocycles. The maximum absolute atomic E-state index is 12.2. The second kappa shape index (κ2) is 6.60. The van der Waals surface area contributed by atoms with Gasteiger partial charge < -0.3 is 10.6 Å². The van der Waals surface area contributed by atoms with Gasteiger partial charge in [0.2, 0.25) is 11.8 Å². The van der Waals surface area contributed by atoms with Gasteiger partial charge in [-0.1, -0.05) is 47.5 Å². The highest BCUT2D eigenvalue weighted by Crippen LogP contribution is 2.41. The third-order valence-electron chi connectivity index (χ3n) is 3.72. The maximum atomic E-state index is 12.2. The van der Waals surface area contributed by atoms with Crippen molar-refractivity contribution in [1.29, 1.82) is 0 Å². The fraction of sp³-hybridized carbons (Fsp3) is 0.176. The zero-order valence-electron chi connectivity index (χ0n) is 12.1. The molecule has 2 unspecified atom stereocenters. The Bertz CT molecular complexity index is 729. The first kappa shape index (κ1) is 15.8. The molecule has 0 spiro atoms. The van der Waals surface area contributed by atoms with Gasteiger partial charge in [-0.25, -0.2) is 0 Å². The topological polar surface area (TPSA) is 58.2 Å². The number of nitrogens with one attached hydrogen (secondary N) is 2. The molecular formula is C17H14Cl2N2O2. The smallest absolute Gasteiger partial charge is 0.228 e. The lowest BCUT2D eigenvalue weighted by molar-refractivity contribution is -0.122. The fourth-order valence-electron chi connectivity index (χ4n) is 2.36. The number of benzene rings is 2. The summed E-state index contributed by atoms with van der Waals surface area (Å²) in [6.45, 7) is 0. The van der Waals surface area contributed by atoms with Crippen molar-refractivity contribution >= 4 is 46.4 Å². The molecule has 3 rings (SSSR count). The number of anilines is 2. The SMILES string of the molecule is O=C(Nc1ccccc1)C1CC1C(=O)Nc1c(Cl)cccc1Cl. The molecule has 2 aromatic rings. The molecule has 2 amide bonds. The molecule has 0 aliphatic heterocycles. The highest BCUT2D eigenvalue weighted by molar-refractivity contribution is 6.39. The van der Waals surface area contributed by atoms with Crippen LogP contribution in [0.25, 0.3) is 0 Å². The van der Waals surface area contributed by atoms with Crippen molar-refractivity contribution in [2.24, 2.45) is 11.8 Å². The molecule has 0 saturated heterocycles. The van der Waals surface area contributed by atoms with Crippen molar-refractivity contribution < 1.29 is 9.59 Å². The predicted octanol–water partition coefficient (Wildman–Crippen LogP) is 4.21. The molecule has 1 aliphatic carbocycles. The molecule has 23 heavy (non-hydrogen) atoms. The van der Waals surface area contributed by atoms with E-state index in [-0.39, 0.29) is 23.7 Å². The van der Waals surface area contributed by atoms with Crippen LogP contribution in [0, 0.1) is 11.8 Å². The molecule has 2 atom stereocenters. The normalized spacial score (nSPS) is 19.0. The van der Waals surface area contributed by atoms with Crippen LogP contribution in [-0.4, -0.2) is 11.8 Å². The summed E-state index contributed by atoms with van der Waals surface area (Å²) in [5.74, 6) is -1.07. The van der Waals surface area contributed by atoms with E-state index in [0.717, 1.165) is 5.69 Å². The number of para-hydroxylation sites is 2. The van der Waals surface area contributed by atoms with Crippen LogP contribution in [0.2, 0.25) is 10.0 Å². The summed E-state index contributed by atoms with van der Waals surface area (Å²) in [5.41, 5.74) is 1.10. The standard InChI is InChI=1S/C17H14Cl2N2O2/c18-13-7-4-8-14(19)15(13)21-17(23)12-9-11(12)16(22)20-10-5-2-1-3-6-10/h1-8,11-12H,9H2,(H,20,22)(H,21,23). The number of hydrogen-bond donors (Lipinski definition) is 2. The van der Waals surface area contributed by atoms with Crippen LogP contribution in [0.4, 0.5) is 11.4 Å². The summed E-state index contributed by atoms with van der Waals surface area (Å²) < 4.78 is 0. The van der Waals surface area contributed by atoms with Crippen LogP contribution in [0.1, 0.15) is 6.42 Å². The number of rotatable bonds is 4. The van der Waals surface area contributed by atoms with Gasteiger partial charge >= 0.3 is 0 Å². The Labute approximate surface area is 143 Å².